The molecular formula is C25H31N3O5S. The first-order chi connectivity index (χ1) is 16.4. The zero-order chi connectivity index (χ0) is 24.6. The summed E-state index contributed by atoms with van der Waals surface area (Å²) in [7, 11) is -3.79. The molecule has 0 atom stereocenters. The highest BCUT2D eigenvalue weighted by Gasteiger charge is 2.33. The SMILES string of the molecule is CCCOc1ccc(NC(=O)C2CCN(S(=O)(=O)c3ccccc3C#N)CC2)cc1OCCC. The molecule has 0 bridgehead atoms. The Morgan fingerprint density at radius 1 is 1.06 bits per heavy atom. The van der Waals surface area contributed by atoms with Gasteiger partial charge >= 0.3 is 0 Å². The fourth-order valence-corrected chi connectivity index (χ4v) is 5.38. The smallest absolute Gasteiger partial charge is 0.244 e. The highest BCUT2D eigenvalue weighted by Crippen LogP contribution is 2.32. The van der Waals surface area contributed by atoms with E-state index in [1.807, 2.05) is 19.9 Å². The van der Waals surface area contributed by atoms with E-state index in [-0.39, 0.29) is 35.4 Å². The third kappa shape index (κ3) is 6.07. The summed E-state index contributed by atoms with van der Waals surface area (Å²) in [6.45, 7) is 5.60. The summed E-state index contributed by atoms with van der Waals surface area (Å²) in [5.74, 6) is 0.765. The molecule has 8 nitrogen and oxygen atoms in total. The van der Waals surface area contributed by atoms with Crippen molar-refractivity contribution in [2.24, 2.45) is 5.92 Å². The number of hydrogen-bond donors (Lipinski definition) is 1. The first-order valence-corrected chi connectivity index (χ1v) is 13.0. The van der Waals surface area contributed by atoms with E-state index >= 15 is 0 Å². The van der Waals surface area contributed by atoms with Crippen LogP contribution in [0.25, 0.3) is 0 Å². The molecule has 9 heteroatoms. The van der Waals surface area contributed by atoms with Gasteiger partial charge in [-0.15, -0.1) is 0 Å². The Morgan fingerprint density at radius 3 is 2.35 bits per heavy atom. The third-order valence-electron chi connectivity index (χ3n) is 5.58. The molecule has 1 aliphatic heterocycles. The molecule has 1 fully saturated rings. The molecule has 34 heavy (non-hydrogen) atoms. The summed E-state index contributed by atoms with van der Waals surface area (Å²) in [5.41, 5.74) is 0.729. The number of ether oxygens (including phenoxy) is 2. The number of carbonyl (C=O) groups is 1. The zero-order valence-electron chi connectivity index (χ0n) is 19.6. The molecule has 1 N–H and O–H groups in total. The van der Waals surface area contributed by atoms with E-state index in [1.54, 1.807) is 30.3 Å². The molecule has 1 heterocycles. The molecule has 182 valence electrons. The molecule has 0 unspecified atom stereocenters. The summed E-state index contributed by atoms with van der Waals surface area (Å²) in [6, 6.07) is 13.4. The molecule has 3 rings (SSSR count). The number of rotatable bonds is 10. The number of carbonyl (C=O) groups excluding carboxylic acids is 1. The summed E-state index contributed by atoms with van der Waals surface area (Å²) < 4.78 is 38.9. The van der Waals surface area contributed by atoms with E-state index in [4.69, 9.17) is 9.47 Å². The van der Waals surface area contributed by atoms with Gasteiger partial charge in [0, 0.05) is 30.8 Å². The second-order valence-corrected chi connectivity index (χ2v) is 10.0. The fraction of sp³-hybridized carbons (Fsp3) is 0.440. The number of nitrogens with zero attached hydrogens (tertiary/aromatic N) is 2. The Morgan fingerprint density at radius 2 is 1.71 bits per heavy atom. The van der Waals surface area contributed by atoms with E-state index in [0.717, 1.165) is 12.8 Å². The van der Waals surface area contributed by atoms with E-state index < -0.39 is 10.0 Å². The Balaban J connectivity index is 1.64. The van der Waals surface area contributed by atoms with Gasteiger partial charge in [-0.25, -0.2) is 8.42 Å². The highest BCUT2D eigenvalue weighted by atomic mass is 32.2. The molecule has 2 aromatic rings. The van der Waals surface area contributed by atoms with Gasteiger partial charge in [0.25, 0.3) is 0 Å². The van der Waals surface area contributed by atoms with E-state index in [9.17, 15) is 18.5 Å². The minimum absolute atomic E-state index is 0.00499. The van der Waals surface area contributed by atoms with Crippen molar-refractivity contribution in [1.82, 2.24) is 4.31 Å². The van der Waals surface area contributed by atoms with Crippen molar-refractivity contribution < 1.29 is 22.7 Å². The average molecular weight is 486 g/mol. The number of anilines is 1. The highest BCUT2D eigenvalue weighted by molar-refractivity contribution is 7.89. The van der Waals surface area contributed by atoms with Gasteiger partial charge in [-0.05, 0) is 49.9 Å². The molecule has 1 saturated heterocycles. The number of amides is 1. The lowest BCUT2D eigenvalue weighted by Crippen LogP contribution is -2.41. The molecule has 1 amide bonds. The van der Waals surface area contributed by atoms with Crippen molar-refractivity contribution in [3.63, 3.8) is 0 Å². The lowest BCUT2D eigenvalue weighted by atomic mass is 9.97. The number of piperidine rings is 1. The van der Waals surface area contributed by atoms with Gasteiger partial charge in [0.05, 0.1) is 23.7 Å². The fourth-order valence-electron chi connectivity index (χ4n) is 3.77. The number of benzene rings is 2. The van der Waals surface area contributed by atoms with Crippen molar-refractivity contribution in [2.75, 3.05) is 31.6 Å². The number of nitriles is 1. The van der Waals surface area contributed by atoms with Crippen molar-refractivity contribution in [2.45, 2.75) is 44.4 Å². The van der Waals surface area contributed by atoms with Crippen LogP contribution in [0.2, 0.25) is 0 Å². The predicted molar refractivity (Wildman–Crippen MR) is 129 cm³/mol. The van der Waals surface area contributed by atoms with Crippen molar-refractivity contribution in [3.05, 3.63) is 48.0 Å². The molecule has 0 radical (unpaired) electrons. The van der Waals surface area contributed by atoms with Crippen LogP contribution >= 0.6 is 0 Å². The largest absolute Gasteiger partial charge is 0.490 e. The second-order valence-electron chi connectivity index (χ2n) is 8.13. The van der Waals surface area contributed by atoms with E-state index in [2.05, 4.69) is 5.32 Å². The first kappa shape index (κ1) is 25.5. The lowest BCUT2D eigenvalue weighted by molar-refractivity contribution is -0.120. The second kappa shape index (κ2) is 11.9. The third-order valence-corrected chi connectivity index (χ3v) is 7.54. The van der Waals surface area contributed by atoms with Crippen molar-refractivity contribution in [3.8, 4) is 17.6 Å². The molecule has 2 aromatic carbocycles. The quantitative estimate of drug-likeness (QED) is 0.541. The van der Waals surface area contributed by atoms with Crippen molar-refractivity contribution in [1.29, 1.82) is 5.26 Å². The summed E-state index contributed by atoms with van der Waals surface area (Å²) in [4.78, 5) is 12.9. The van der Waals surface area contributed by atoms with Crippen LogP contribution in [0.1, 0.15) is 45.1 Å². The maximum atomic E-state index is 13.0. The van der Waals surface area contributed by atoms with Crippen LogP contribution in [0.5, 0.6) is 11.5 Å². The Labute approximate surface area is 201 Å². The maximum Gasteiger partial charge on any atom is 0.244 e. The van der Waals surface area contributed by atoms with Crippen LogP contribution in [0.15, 0.2) is 47.4 Å². The van der Waals surface area contributed by atoms with E-state index in [0.29, 0.717) is 43.2 Å². The average Bonchev–Trinajstić information content (AvgIpc) is 2.86. The van der Waals surface area contributed by atoms with Gasteiger partial charge in [-0.2, -0.15) is 9.57 Å². The van der Waals surface area contributed by atoms with Crippen LogP contribution in [0.3, 0.4) is 0 Å². The predicted octanol–water partition coefficient (Wildman–Crippen LogP) is 4.18. The van der Waals surface area contributed by atoms with Crippen molar-refractivity contribution >= 4 is 21.6 Å². The van der Waals surface area contributed by atoms with Crippen LogP contribution < -0.4 is 14.8 Å². The summed E-state index contributed by atoms with van der Waals surface area (Å²) in [5, 5.41) is 12.2. The number of nitrogens with one attached hydrogen (secondary N) is 1. The molecule has 1 aliphatic rings. The summed E-state index contributed by atoms with van der Waals surface area (Å²) >= 11 is 0. The van der Waals surface area contributed by atoms with Crippen LogP contribution in [0, 0.1) is 17.2 Å². The Kier molecular flexibility index (Phi) is 8.91. The minimum atomic E-state index is -3.79. The van der Waals surface area contributed by atoms with Gasteiger partial charge in [-0.3, -0.25) is 4.79 Å². The number of sulfonamides is 1. The molecule has 0 saturated carbocycles. The van der Waals surface area contributed by atoms with Crippen LogP contribution in [-0.4, -0.2) is 44.9 Å². The van der Waals surface area contributed by atoms with E-state index in [1.165, 1.54) is 16.4 Å². The van der Waals surface area contributed by atoms with Gasteiger partial charge < -0.3 is 14.8 Å². The first-order valence-electron chi connectivity index (χ1n) is 11.6. The van der Waals surface area contributed by atoms with Crippen LogP contribution in [0.4, 0.5) is 5.69 Å². The topological polar surface area (TPSA) is 109 Å². The van der Waals surface area contributed by atoms with Gasteiger partial charge in [0.15, 0.2) is 11.5 Å². The molecule has 0 spiro atoms. The summed E-state index contributed by atoms with van der Waals surface area (Å²) in [6.07, 6.45) is 2.53. The molecule has 0 aromatic heterocycles. The molecular weight excluding hydrogens is 454 g/mol. The molecule has 0 aliphatic carbocycles. The van der Waals surface area contributed by atoms with Gasteiger partial charge in [0.1, 0.15) is 6.07 Å². The maximum absolute atomic E-state index is 13.0. The standard InChI is InChI=1S/C25H31N3O5S/c1-3-15-32-22-10-9-21(17-23(22)33-16-4-2)27-25(29)19-11-13-28(14-12-19)34(30,31)24-8-6-5-7-20(24)18-26/h5-10,17,19H,3-4,11-16H2,1-2H3,(H,27,29). The van der Waals surface area contributed by atoms with Gasteiger partial charge in [0.2, 0.25) is 15.9 Å². The van der Waals surface area contributed by atoms with Crippen LogP contribution in [-0.2, 0) is 14.8 Å². The minimum Gasteiger partial charge on any atom is -0.490 e. The normalized spacial score (nSPS) is 14.9. The number of hydrogen-bond acceptors (Lipinski definition) is 6. The monoisotopic (exact) mass is 485 g/mol. The Bertz CT molecular complexity index is 1140. The lowest BCUT2D eigenvalue weighted by Gasteiger charge is -2.30. The zero-order valence-corrected chi connectivity index (χ0v) is 20.4. The Hall–Kier alpha value is -3.09. The van der Waals surface area contributed by atoms with Gasteiger partial charge in [-0.1, -0.05) is 26.0 Å².